The molecule has 0 radical (unpaired) electrons. The lowest BCUT2D eigenvalue weighted by atomic mass is 10.2. The van der Waals surface area contributed by atoms with Gasteiger partial charge in [-0.25, -0.2) is 9.78 Å². The third-order valence-corrected chi connectivity index (χ3v) is 5.44. The second-order valence-electron chi connectivity index (χ2n) is 5.30. The van der Waals surface area contributed by atoms with Crippen molar-refractivity contribution in [2.75, 3.05) is 11.1 Å². The number of aryl methyl sites for hydroxylation is 1. The predicted molar refractivity (Wildman–Crippen MR) is 103 cm³/mol. The number of amides is 1. The van der Waals surface area contributed by atoms with Crippen LogP contribution in [0.25, 0.3) is 10.2 Å². The van der Waals surface area contributed by atoms with E-state index in [1.165, 1.54) is 5.38 Å². The van der Waals surface area contributed by atoms with Crippen molar-refractivity contribution in [2.45, 2.75) is 12.1 Å². The molecule has 3 N–H and O–H groups in total. The molecule has 0 saturated heterocycles. The number of hydrogen-bond acceptors (Lipinski definition) is 6. The molecule has 0 atom stereocenters. The number of carbonyl (C=O) groups is 2. The molecule has 0 aliphatic heterocycles. The van der Waals surface area contributed by atoms with Gasteiger partial charge in [0.1, 0.15) is 4.83 Å². The van der Waals surface area contributed by atoms with Gasteiger partial charge in [0.2, 0.25) is 5.91 Å². The predicted octanol–water partition coefficient (Wildman–Crippen LogP) is 3.38. The molecule has 2 heterocycles. The molecule has 0 unspecified atom stereocenters. The van der Waals surface area contributed by atoms with Gasteiger partial charge >= 0.3 is 5.97 Å². The highest BCUT2D eigenvalue weighted by molar-refractivity contribution is 7.99. The van der Waals surface area contributed by atoms with Crippen molar-refractivity contribution in [1.82, 2.24) is 9.97 Å². The van der Waals surface area contributed by atoms with E-state index in [1.807, 2.05) is 6.92 Å². The summed E-state index contributed by atoms with van der Waals surface area (Å²) in [7, 11) is 0. The molecule has 0 spiro atoms. The Labute approximate surface area is 160 Å². The number of halogens is 1. The van der Waals surface area contributed by atoms with Gasteiger partial charge < -0.3 is 15.4 Å². The Morgan fingerprint density at radius 3 is 2.88 bits per heavy atom. The van der Waals surface area contributed by atoms with Gasteiger partial charge in [0.15, 0.2) is 5.16 Å². The Morgan fingerprint density at radius 2 is 2.19 bits per heavy atom. The summed E-state index contributed by atoms with van der Waals surface area (Å²) in [4.78, 5) is 42.4. The molecule has 7 nitrogen and oxygen atoms in total. The van der Waals surface area contributed by atoms with Gasteiger partial charge in [0, 0.05) is 16.1 Å². The van der Waals surface area contributed by atoms with Crippen LogP contribution in [0.2, 0.25) is 5.02 Å². The van der Waals surface area contributed by atoms with Crippen molar-refractivity contribution in [1.29, 1.82) is 0 Å². The number of H-pyrrole nitrogens is 1. The maximum atomic E-state index is 12.1. The quantitative estimate of drug-likeness (QED) is 0.440. The number of hydrogen-bond donors (Lipinski definition) is 3. The van der Waals surface area contributed by atoms with Gasteiger partial charge in [-0.2, -0.15) is 0 Å². The number of thiophene rings is 1. The third kappa shape index (κ3) is 3.90. The van der Waals surface area contributed by atoms with Crippen molar-refractivity contribution in [2.24, 2.45) is 0 Å². The zero-order valence-corrected chi connectivity index (χ0v) is 15.7. The van der Waals surface area contributed by atoms with Crippen LogP contribution in [0, 0.1) is 6.92 Å². The summed E-state index contributed by atoms with van der Waals surface area (Å²) in [6.07, 6.45) is 0. The van der Waals surface area contributed by atoms with E-state index in [2.05, 4.69) is 15.3 Å². The molecule has 1 aromatic carbocycles. The molecular weight excluding hydrogens is 398 g/mol. The monoisotopic (exact) mass is 409 g/mol. The zero-order chi connectivity index (χ0) is 18.8. The Kier molecular flexibility index (Phi) is 5.30. The highest BCUT2D eigenvalue weighted by Crippen LogP contribution is 2.24. The van der Waals surface area contributed by atoms with Crippen LogP contribution in [0.4, 0.5) is 5.69 Å². The van der Waals surface area contributed by atoms with Crippen LogP contribution >= 0.6 is 34.7 Å². The molecular formula is C16H12ClN3O4S2. The molecule has 26 heavy (non-hydrogen) atoms. The SMILES string of the molecule is Cc1cc(Cl)ccc1NC(=O)CSc1nc2scc(C(=O)O)c2c(=O)[nH]1. The van der Waals surface area contributed by atoms with Gasteiger partial charge in [-0.1, -0.05) is 23.4 Å². The van der Waals surface area contributed by atoms with Crippen LogP contribution in [-0.2, 0) is 4.79 Å². The molecule has 1 amide bonds. The summed E-state index contributed by atoms with van der Waals surface area (Å²) in [6.45, 7) is 1.83. The third-order valence-electron chi connectivity index (χ3n) is 3.46. The van der Waals surface area contributed by atoms with Gasteiger partial charge in [0.05, 0.1) is 16.7 Å². The number of benzene rings is 1. The average Bonchev–Trinajstić information content (AvgIpc) is 3.00. The molecule has 134 valence electrons. The Balaban J connectivity index is 1.72. The maximum absolute atomic E-state index is 12.1. The first-order chi connectivity index (χ1) is 12.3. The topological polar surface area (TPSA) is 112 Å². The number of carbonyl (C=O) groups excluding carboxylic acids is 1. The standard InChI is InChI=1S/C16H12ClN3O4S2/c1-7-4-8(17)2-3-10(7)18-11(21)6-26-16-19-13(22)12-9(15(23)24)5-25-14(12)20-16/h2-5H,6H2,1H3,(H,18,21)(H,23,24)(H,19,20,22). The van der Waals surface area contributed by atoms with E-state index in [0.717, 1.165) is 28.7 Å². The highest BCUT2D eigenvalue weighted by Gasteiger charge is 2.17. The summed E-state index contributed by atoms with van der Waals surface area (Å²) in [6, 6.07) is 5.14. The molecule has 0 aliphatic carbocycles. The van der Waals surface area contributed by atoms with E-state index in [-0.39, 0.29) is 27.8 Å². The molecule has 3 aromatic rings. The lowest BCUT2D eigenvalue weighted by molar-refractivity contribution is -0.113. The number of nitrogens with one attached hydrogen (secondary N) is 2. The fourth-order valence-corrected chi connectivity index (χ4v) is 4.10. The van der Waals surface area contributed by atoms with E-state index in [0.29, 0.717) is 15.5 Å². The molecule has 3 rings (SSSR count). The number of aromatic amines is 1. The van der Waals surface area contributed by atoms with Crippen molar-refractivity contribution < 1.29 is 14.7 Å². The van der Waals surface area contributed by atoms with Gasteiger partial charge in [-0.05, 0) is 30.7 Å². The fourth-order valence-electron chi connectivity index (χ4n) is 2.24. The summed E-state index contributed by atoms with van der Waals surface area (Å²) in [5.74, 6) is -1.41. The molecule has 0 aliphatic rings. The lowest BCUT2D eigenvalue weighted by Crippen LogP contribution is -2.16. The van der Waals surface area contributed by atoms with Crippen LogP contribution in [0.3, 0.4) is 0 Å². The summed E-state index contributed by atoms with van der Waals surface area (Å²) >= 11 is 8.01. The molecule has 0 saturated carbocycles. The van der Waals surface area contributed by atoms with Gasteiger partial charge in [0.25, 0.3) is 5.56 Å². The molecule has 10 heteroatoms. The largest absolute Gasteiger partial charge is 0.478 e. The molecule has 2 aromatic heterocycles. The minimum absolute atomic E-state index is 0.0354. The van der Waals surface area contributed by atoms with E-state index in [9.17, 15) is 14.4 Å². The smallest absolute Gasteiger partial charge is 0.337 e. The summed E-state index contributed by atoms with van der Waals surface area (Å²) < 4.78 is 0. The number of anilines is 1. The van der Waals surface area contributed by atoms with Gasteiger partial charge in [-0.15, -0.1) is 11.3 Å². The number of aromatic nitrogens is 2. The summed E-state index contributed by atoms with van der Waals surface area (Å²) in [5, 5.41) is 14.1. The maximum Gasteiger partial charge on any atom is 0.337 e. The normalized spacial score (nSPS) is 10.8. The second kappa shape index (κ2) is 7.48. The highest BCUT2D eigenvalue weighted by atomic mass is 35.5. The number of rotatable bonds is 5. The van der Waals surface area contributed by atoms with Crippen molar-refractivity contribution in [3.05, 3.63) is 50.1 Å². The van der Waals surface area contributed by atoms with Crippen LogP contribution in [-0.4, -0.2) is 32.7 Å². The second-order valence-corrected chi connectivity index (χ2v) is 7.56. The number of thioether (sulfide) groups is 1. The lowest BCUT2D eigenvalue weighted by Gasteiger charge is -2.08. The molecule has 0 fully saturated rings. The minimum Gasteiger partial charge on any atom is -0.478 e. The van der Waals surface area contributed by atoms with Gasteiger partial charge in [-0.3, -0.25) is 9.59 Å². The molecule has 0 bridgehead atoms. The van der Waals surface area contributed by atoms with Crippen LogP contribution in [0.15, 0.2) is 33.5 Å². The average molecular weight is 410 g/mol. The number of carboxylic acids is 1. The van der Waals surface area contributed by atoms with Crippen LogP contribution in [0.5, 0.6) is 0 Å². The number of nitrogens with zero attached hydrogens (tertiary/aromatic N) is 1. The van der Waals surface area contributed by atoms with E-state index in [1.54, 1.807) is 18.2 Å². The van der Waals surface area contributed by atoms with Crippen LogP contribution in [0.1, 0.15) is 15.9 Å². The minimum atomic E-state index is -1.18. The number of fused-ring (bicyclic) bond motifs is 1. The Bertz CT molecular complexity index is 1080. The first-order valence-electron chi connectivity index (χ1n) is 7.29. The van der Waals surface area contributed by atoms with E-state index >= 15 is 0 Å². The first kappa shape index (κ1) is 18.4. The summed E-state index contributed by atoms with van der Waals surface area (Å²) in [5.41, 5.74) is 0.876. The Hall–Kier alpha value is -2.36. The van der Waals surface area contributed by atoms with Crippen molar-refractivity contribution in [3.63, 3.8) is 0 Å². The van der Waals surface area contributed by atoms with Crippen molar-refractivity contribution >= 4 is 62.5 Å². The number of carboxylic acid groups (broad SMARTS) is 1. The fraction of sp³-hybridized carbons (Fsp3) is 0.125. The van der Waals surface area contributed by atoms with Crippen LogP contribution < -0.4 is 10.9 Å². The van der Waals surface area contributed by atoms with E-state index < -0.39 is 11.5 Å². The van der Waals surface area contributed by atoms with Crippen molar-refractivity contribution in [3.8, 4) is 0 Å². The Morgan fingerprint density at radius 1 is 1.42 bits per heavy atom. The zero-order valence-electron chi connectivity index (χ0n) is 13.3. The van der Waals surface area contributed by atoms with E-state index in [4.69, 9.17) is 16.7 Å². The first-order valence-corrected chi connectivity index (χ1v) is 9.53. The number of aromatic carboxylic acids is 1.